The Morgan fingerprint density at radius 1 is 1.21 bits per heavy atom. The van der Waals surface area contributed by atoms with Crippen LogP contribution in [0.5, 0.6) is 0 Å². The van der Waals surface area contributed by atoms with Crippen molar-refractivity contribution < 1.29 is 9.32 Å². The third-order valence-electron chi connectivity index (χ3n) is 6.26. The first-order chi connectivity index (χ1) is 13.7. The zero-order chi connectivity index (χ0) is 19.5. The van der Waals surface area contributed by atoms with Crippen molar-refractivity contribution in [3.8, 4) is 11.3 Å². The molecule has 0 aromatic carbocycles. The predicted molar refractivity (Wildman–Crippen MR) is 107 cm³/mol. The van der Waals surface area contributed by atoms with Crippen LogP contribution in [0.1, 0.15) is 61.6 Å². The van der Waals surface area contributed by atoms with E-state index in [0.717, 1.165) is 50.2 Å². The monoisotopic (exact) mass is 385 g/mol. The lowest BCUT2D eigenvalue weighted by Crippen LogP contribution is -2.45. The van der Waals surface area contributed by atoms with Crippen molar-refractivity contribution in [3.63, 3.8) is 0 Å². The van der Waals surface area contributed by atoms with Crippen LogP contribution < -0.4 is 0 Å². The second-order valence-electron chi connectivity index (χ2n) is 8.02. The molecule has 2 saturated heterocycles. The van der Waals surface area contributed by atoms with Gasteiger partial charge in [-0.1, -0.05) is 5.16 Å². The number of aromatic nitrogens is 3. The molecule has 0 N–H and O–H groups in total. The molecule has 1 atom stereocenters. The lowest BCUT2D eigenvalue weighted by molar-refractivity contribution is 0.0577. The number of aryl methyl sites for hydroxylation is 1. The van der Waals surface area contributed by atoms with E-state index in [1.807, 2.05) is 16.5 Å². The molecule has 2 aromatic rings. The molecule has 2 aliphatic heterocycles. The molecular weight excluding hydrogens is 354 g/mol. The predicted octanol–water partition coefficient (Wildman–Crippen LogP) is 3.35. The number of hydrogen-bond acceptors (Lipinski definition) is 5. The fraction of sp³-hybridized carbons (Fsp3) is 0.667. The Balaban J connectivity index is 1.46. The van der Waals surface area contributed by atoms with E-state index < -0.39 is 0 Å². The summed E-state index contributed by atoms with van der Waals surface area (Å²) in [6.07, 6.45) is 8.82. The number of hydrogen-bond donors (Lipinski definition) is 0. The molecule has 2 aromatic heterocycles. The molecule has 2 aliphatic rings. The van der Waals surface area contributed by atoms with Crippen LogP contribution >= 0.6 is 0 Å². The molecule has 1 amide bonds. The van der Waals surface area contributed by atoms with Gasteiger partial charge in [0.2, 0.25) is 0 Å². The normalized spacial score (nSPS) is 20.8. The molecule has 152 valence electrons. The molecule has 0 aliphatic carbocycles. The van der Waals surface area contributed by atoms with Gasteiger partial charge in [-0.3, -0.25) is 9.48 Å². The van der Waals surface area contributed by atoms with Gasteiger partial charge in [-0.2, -0.15) is 5.10 Å². The van der Waals surface area contributed by atoms with Crippen molar-refractivity contribution in [2.45, 2.75) is 65.0 Å². The summed E-state index contributed by atoms with van der Waals surface area (Å²) in [4.78, 5) is 17.7. The van der Waals surface area contributed by atoms with Crippen LogP contribution in [0.4, 0.5) is 0 Å². The average molecular weight is 386 g/mol. The maximum absolute atomic E-state index is 13.2. The number of likely N-dealkylation sites (tertiary alicyclic amines) is 2. The first kappa shape index (κ1) is 19.2. The van der Waals surface area contributed by atoms with Gasteiger partial charge in [-0.05, 0) is 65.5 Å². The van der Waals surface area contributed by atoms with Crippen molar-refractivity contribution in [2.24, 2.45) is 0 Å². The maximum atomic E-state index is 13.2. The highest BCUT2D eigenvalue weighted by molar-refractivity contribution is 5.93. The van der Waals surface area contributed by atoms with Crippen molar-refractivity contribution >= 4 is 5.91 Å². The van der Waals surface area contributed by atoms with Crippen LogP contribution in [-0.4, -0.2) is 62.9 Å². The second-order valence-corrected chi connectivity index (χ2v) is 8.02. The highest BCUT2D eigenvalue weighted by atomic mass is 16.5. The number of amides is 1. The topological polar surface area (TPSA) is 67.4 Å². The third kappa shape index (κ3) is 3.85. The van der Waals surface area contributed by atoms with E-state index in [1.54, 1.807) is 12.3 Å². The molecule has 0 radical (unpaired) electrons. The summed E-state index contributed by atoms with van der Waals surface area (Å²) >= 11 is 0. The van der Waals surface area contributed by atoms with Crippen molar-refractivity contribution in [1.29, 1.82) is 0 Å². The van der Waals surface area contributed by atoms with E-state index in [4.69, 9.17) is 4.52 Å². The maximum Gasteiger partial charge on any atom is 0.276 e. The zero-order valence-corrected chi connectivity index (χ0v) is 17.1. The second kappa shape index (κ2) is 8.47. The fourth-order valence-corrected chi connectivity index (χ4v) is 4.56. The lowest BCUT2D eigenvalue weighted by Gasteiger charge is -2.36. The third-order valence-corrected chi connectivity index (χ3v) is 6.26. The van der Waals surface area contributed by atoms with Gasteiger partial charge in [0.05, 0.1) is 11.8 Å². The highest BCUT2D eigenvalue weighted by Gasteiger charge is 2.30. The van der Waals surface area contributed by atoms with E-state index in [2.05, 4.69) is 22.1 Å². The van der Waals surface area contributed by atoms with E-state index >= 15 is 0 Å². The first-order valence-corrected chi connectivity index (χ1v) is 10.7. The Morgan fingerprint density at radius 3 is 2.75 bits per heavy atom. The molecule has 0 bridgehead atoms. The minimum Gasteiger partial charge on any atom is -0.355 e. The van der Waals surface area contributed by atoms with Crippen LogP contribution in [0.3, 0.4) is 0 Å². The van der Waals surface area contributed by atoms with Crippen LogP contribution in [0, 0.1) is 6.92 Å². The number of rotatable bonds is 6. The Bertz CT molecular complexity index is 806. The summed E-state index contributed by atoms with van der Waals surface area (Å²) in [5.41, 5.74) is 2.34. The zero-order valence-electron chi connectivity index (χ0n) is 17.1. The van der Waals surface area contributed by atoms with E-state index in [1.165, 1.54) is 32.4 Å². The molecule has 0 saturated carbocycles. The molecule has 4 rings (SSSR count). The minimum atomic E-state index is 0.00154. The Kier molecular flexibility index (Phi) is 5.80. The molecule has 2 fully saturated rings. The summed E-state index contributed by atoms with van der Waals surface area (Å²) in [7, 11) is 0. The van der Waals surface area contributed by atoms with Gasteiger partial charge in [0.15, 0.2) is 11.5 Å². The van der Waals surface area contributed by atoms with Crippen molar-refractivity contribution in [2.75, 3.05) is 26.2 Å². The van der Waals surface area contributed by atoms with Crippen molar-refractivity contribution in [3.05, 3.63) is 23.7 Å². The Hall–Kier alpha value is -2.15. The van der Waals surface area contributed by atoms with E-state index in [0.29, 0.717) is 17.5 Å². The van der Waals surface area contributed by atoms with Gasteiger partial charge in [-0.15, -0.1) is 0 Å². The number of carbonyl (C=O) groups excluding carboxylic acids is 1. The molecule has 28 heavy (non-hydrogen) atoms. The fourth-order valence-electron chi connectivity index (χ4n) is 4.56. The van der Waals surface area contributed by atoms with Crippen molar-refractivity contribution in [1.82, 2.24) is 24.7 Å². The average Bonchev–Trinajstić information content (AvgIpc) is 3.47. The number of piperidine rings is 1. The van der Waals surface area contributed by atoms with Gasteiger partial charge >= 0.3 is 0 Å². The number of carbonyl (C=O) groups is 1. The van der Waals surface area contributed by atoms with Gasteiger partial charge in [0.1, 0.15) is 0 Å². The smallest absolute Gasteiger partial charge is 0.276 e. The summed E-state index contributed by atoms with van der Waals surface area (Å²) in [5.74, 6) is 0.618. The molecule has 4 heterocycles. The minimum absolute atomic E-state index is 0.00154. The summed E-state index contributed by atoms with van der Waals surface area (Å²) in [6, 6.07) is 2.09. The lowest BCUT2D eigenvalue weighted by atomic mass is 9.98. The van der Waals surface area contributed by atoms with Crippen LogP contribution in [0.25, 0.3) is 11.3 Å². The van der Waals surface area contributed by atoms with Gasteiger partial charge in [0.25, 0.3) is 5.91 Å². The molecule has 7 heteroatoms. The quantitative estimate of drug-likeness (QED) is 0.763. The van der Waals surface area contributed by atoms with Gasteiger partial charge in [-0.25, -0.2) is 0 Å². The van der Waals surface area contributed by atoms with E-state index in [-0.39, 0.29) is 5.91 Å². The SMILES string of the molecule is CCn1ncc(-c2cc(C(=O)N3CCCC[C@H]3CCN3CCCC3)no2)c1C. The van der Waals surface area contributed by atoms with Crippen LogP contribution in [0.15, 0.2) is 16.8 Å². The summed E-state index contributed by atoms with van der Waals surface area (Å²) < 4.78 is 7.43. The largest absolute Gasteiger partial charge is 0.355 e. The molecular formula is C21H31N5O2. The van der Waals surface area contributed by atoms with Gasteiger partial charge in [0, 0.05) is 37.4 Å². The van der Waals surface area contributed by atoms with E-state index in [9.17, 15) is 4.79 Å². The Morgan fingerprint density at radius 2 is 2.00 bits per heavy atom. The summed E-state index contributed by atoms with van der Waals surface area (Å²) in [5, 5.41) is 8.46. The molecule has 7 nitrogen and oxygen atoms in total. The number of nitrogens with zero attached hydrogens (tertiary/aromatic N) is 5. The summed E-state index contributed by atoms with van der Waals surface area (Å²) in [6.45, 7) is 9.19. The first-order valence-electron chi connectivity index (χ1n) is 10.7. The van der Waals surface area contributed by atoms with Gasteiger partial charge < -0.3 is 14.3 Å². The standard InChI is InChI=1S/C21H31N5O2/c1-3-26-16(2)18(15-22-26)20-14-19(23-28-20)21(27)25-12-5-4-8-17(25)9-13-24-10-6-7-11-24/h14-15,17H,3-13H2,1-2H3/t17-/m0/s1. The highest BCUT2D eigenvalue weighted by Crippen LogP contribution is 2.27. The molecule has 0 unspecified atom stereocenters. The van der Waals surface area contributed by atoms with Crippen LogP contribution in [-0.2, 0) is 6.54 Å². The van der Waals surface area contributed by atoms with Crippen LogP contribution in [0.2, 0.25) is 0 Å². The molecule has 0 spiro atoms. The Labute approximate surface area is 166 Å².